The first kappa shape index (κ1) is 9.80. The molecule has 3 N–H and O–H groups in total. The number of nitrogen functional groups attached to an aromatic ring is 1. The molecule has 3 nitrogen and oxygen atoms in total. The Labute approximate surface area is 92.4 Å². The number of hydrogen-bond acceptors (Lipinski definition) is 3. The minimum Gasteiger partial charge on any atom is -0.396 e. The summed E-state index contributed by atoms with van der Waals surface area (Å²) in [5, 5.41) is 3.32. The summed E-state index contributed by atoms with van der Waals surface area (Å²) in [6.45, 7) is 4.12. The predicted molar refractivity (Wildman–Crippen MR) is 63.6 cm³/mol. The largest absolute Gasteiger partial charge is 0.396 e. The van der Waals surface area contributed by atoms with Crippen LogP contribution in [0.2, 0.25) is 0 Å². The van der Waals surface area contributed by atoms with Crippen molar-refractivity contribution in [1.29, 1.82) is 0 Å². The van der Waals surface area contributed by atoms with Gasteiger partial charge >= 0.3 is 0 Å². The molecule has 0 saturated carbocycles. The number of piperazine rings is 1. The van der Waals surface area contributed by atoms with E-state index in [-0.39, 0.29) is 0 Å². The smallest absolute Gasteiger partial charge is 0.0696 e. The maximum absolute atomic E-state index is 6.00. The van der Waals surface area contributed by atoms with Gasteiger partial charge in [-0.05, 0) is 28.1 Å². The lowest BCUT2D eigenvalue weighted by Gasteiger charge is -2.30. The third-order valence-electron chi connectivity index (χ3n) is 2.49. The number of para-hydroxylation sites is 1. The highest BCUT2D eigenvalue weighted by atomic mass is 79.9. The van der Waals surface area contributed by atoms with Gasteiger partial charge in [0.25, 0.3) is 0 Å². The van der Waals surface area contributed by atoms with Crippen molar-refractivity contribution < 1.29 is 0 Å². The molecule has 1 heterocycles. The molecule has 0 bridgehead atoms. The molecule has 1 fully saturated rings. The van der Waals surface area contributed by atoms with Crippen molar-refractivity contribution in [2.75, 3.05) is 36.8 Å². The van der Waals surface area contributed by atoms with Gasteiger partial charge in [0.2, 0.25) is 0 Å². The molecule has 14 heavy (non-hydrogen) atoms. The molecule has 76 valence electrons. The van der Waals surface area contributed by atoms with E-state index in [4.69, 9.17) is 5.73 Å². The SMILES string of the molecule is Nc1c(Br)cccc1N1CCNCC1. The van der Waals surface area contributed by atoms with Crippen LogP contribution < -0.4 is 16.0 Å². The number of halogens is 1. The minimum absolute atomic E-state index is 0.842. The van der Waals surface area contributed by atoms with Gasteiger partial charge in [-0.25, -0.2) is 0 Å². The van der Waals surface area contributed by atoms with Crippen LogP contribution in [0.15, 0.2) is 22.7 Å². The van der Waals surface area contributed by atoms with Crippen LogP contribution >= 0.6 is 15.9 Å². The molecule has 0 radical (unpaired) electrons. The van der Waals surface area contributed by atoms with Gasteiger partial charge in [0, 0.05) is 30.7 Å². The zero-order valence-corrected chi connectivity index (χ0v) is 9.55. The molecule has 1 aromatic carbocycles. The fourth-order valence-electron chi connectivity index (χ4n) is 1.71. The number of hydrogen-bond donors (Lipinski definition) is 2. The Bertz CT molecular complexity index is 321. The summed E-state index contributed by atoms with van der Waals surface area (Å²) in [4.78, 5) is 2.32. The Morgan fingerprint density at radius 1 is 1.29 bits per heavy atom. The van der Waals surface area contributed by atoms with E-state index >= 15 is 0 Å². The molecule has 0 aliphatic carbocycles. The Balaban J connectivity index is 2.26. The maximum Gasteiger partial charge on any atom is 0.0696 e. The van der Waals surface area contributed by atoms with Crippen LogP contribution in [-0.4, -0.2) is 26.2 Å². The summed E-state index contributed by atoms with van der Waals surface area (Å²) in [6.07, 6.45) is 0. The zero-order valence-electron chi connectivity index (χ0n) is 7.96. The summed E-state index contributed by atoms with van der Waals surface area (Å²) in [5.74, 6) is 0. The Kier molecular flexibility index (Phi) is 2.93. The zero-order chi connectivity index (χ0) is 9.97. The third-order valence-corrected chi connectivity index (χ3v) is 3.18. The van der Waals surface area contributed by atoms with Crippen molar-refractivity contribution in [2.45, 2.75) is 0 Å². The van der Waals surface area contributed by atoms with Crippen LogP contribution in [0, 0.1) is 0 Å². The average Bonchev–Trinajstić information content (AvgIpc) is 2.23. The molecule has 4 heteroatoms. The number of nitrogens with two attached hydrogens (primary N) is 1. The lowest BCUT2D eigenvalue weighted by Crippen LogP contribution is -2.43. The van der Waals surface area contributed by atoms with Crippen LogP contribution in [0.4, 0.5) is 11.4 Å². The maximum atomic E-state index is 6.00. The van der Waals surface area contributed by atoms with Crippen molar-refractivity contribution in [3.63, 3.8) is 0 Å². The van der Waals surface area contributed by atoms with Gasteiger partial charge in [-0.3, -0.25) is 0 Å². The first-order chi connectivity index (χ1) is 6.79. The monoisotopic (exact) mass is 255 g/mol. The van der Waals surface area contributed by atoms with Crippen molar-refractivity contribution >= 4 is 27.3 Å². The van der Waals surface area contributed by atoms with E-state index in [9.17, 15) is 0 Å². The molecule has 2 rings (SSSR count). The van der Waals surface area contributed by atoms with Gasteiger partial charge in [0.05, 0.1) is 11.4 Å². The normalized spacial score (nSPS) is 17.1. The average molecular weight is 256 g/mol. The topological polar surface area (TPSA) is 41.3 Å². The second-order valence-corrected chi connectivity index (χ2v) is 4.26. The van der Waals surface area contributed by atoms with Crippen molar-refractivity contribution in [3.05, 3.63) is 22.7 Å². The van der Waals surface area contributed by atoms with Gasteiger partial charge in [-0.2, -0.15) is 0 Å². The third kappa shape index (κ3) is 1.86. The van der Waals surface area contributed by atoms with Gasteiger partial charge in [0.15, 0.2) is 0 Å². The summed E-state index contributed by atoms with van der Waals surface area (Å²) >= 11 is 3.45. The van der Waals surface area contributed by atoms with Crippen molar-refractivity contribution in [3.8, 4) is 0 Å². The Hall–Kier alpha value is -0.740. The van der Waals surface area contributed by atoms with Crippen LogP contribution in [0.5, 0.6) is 0 Å². The van der Waals surface area contributed by atoms with Gasteiger partial charge < -0.3 is 16.0 Å². The lowest BCUT2D eigenvalue weighted by atomic mass is 10.2. The lowest BCUT2D eigenvalue weighted by molar-refractivity contribution is 0.589. The molecule has 0 amide bonds. The quantitative estimate of drug-likeness (QED) is 0.747. The first-order valence-corrected chi connectivity index (χ1v) is 5.58. The van der Waals surface area contributed by atoms with Gasteiger partial charge in [0.1, 0.15) is 0 Å². The molecule has 1 aliphatic rings. The Morgan fingerprint density at radius 2 is 2.00 bits per heavy atom. The van der Waals surface area contributed by atoms with E-state index in [1.54, 1.807) is 0 Å². The number of nitrogens with zero attached hydrogens (tertiary/aromatic N) is 1. The first-order valence-electron chi connectivity index (χ1n) is 4.78. The fourth-order valence-corrected chi connectivity index (χ4v) is 2.06. The highest BCUT2D eigenvalue weighted by Crippen LogP contribution is 2.30. The van der Waals surface area contributed by atoms with E-state index in [0.29, 0.717) is 0 Å². The number of benzene rings is 1. The second kappa shape index (κ2) is 4.19. The van der Waals surface area contributed by atoms with E-state index in [2.05, 4.69) is 32.2 Å². The number of nitrogens with one attached hydrogen (secondary N) is 1. The number of anilines is 2. The molecule has 0 atom stereocenters. The van der Waals surface area contributed by atoms with Gasteiger partial charge in [-0.15, -0.1) is 0 Å². The molecule has 1 saturated heterocycles. The van der Waals surface area contributed by atoms with Crippen LogP contribution in [0.3, 0.4) is 0 Å². The van der Waals surface area contributed by atoms with E-state index in [1.807, 2.05) is 12.1 Å². The molecule has 0 spiro atoms. The van der Waals surface area contributed by atoms with Crippen molar-refractivity contribution in [1.82, 2.24) is 5.32 Å². The van der Waals surface area contributed by atoms with Crippen LogP contribution in [0.25, 0.3) is 0 Å². The second-order valence-electron chi connectivity index (χ2n) is 3.41. The molecule has 0 unspecified atom stereocenters. The number of rotatable bonds is 1. The summed E-state index contributed by atoms with van der Waals surface area (Å²) < 4.78 is 0.980. The van der Waals surface area contributed by atoms with E-state index in [1.165, 1.54) is 0 Å². The minimum atomic E-state index is 0.842. The molecular weight excluding hydrogens is 242 g/mol. The highest BCUT2D eigenvalue weighted by Gasteiger charge is 2.13. The summed E-state index contributed by atoms with van der Waals surface area (Å²) in [5.41, 5.74) is 7.99. The van der Waals surface area contributed by atoms with Crippen LogP contribution in [-0.2, 0) is 0 Å². The van der Waals surface area contributed by atoms with E-state index in [0.717, 1.165) is 42.0 Å². The standard InChI is InChI=1S/C10H14BrN3/c11-8-2-1-3-9(10(8)12)14-6-4-13-5-7-14/h1-3,13H,4-7,12H2. The Morgan fingerprint density at radius 3 is 2.71 bits per heavy atom. The van der Waals surface area contributed by atoms with Crippen molar-refractivity contribution in [2.24, 2.45) is 0 Å². The molecular formula is C10H14BrN3. The predicted octanol–water partition coefficient (Wildman–Crippen LogP) is 1.44. The van der Waals surface area contributed by atoms with E-state index < -0.39 is 0 Å². The summed E-state index contributed by atoms with van der Waals surface area (Å²) in [6, 6.07) is 6.07. The fraction of sp³-hybridized carbons (Fsp3) is 0.400. The molecule has 1 aliphatic heterocycles. The van der Waals surface area contributed by atoms with Crippen LogP contribution in [0.1, 0.15) is 0 Å². The highest BCUT2D eigenvalue weighted by molar-refractivity contribution is 9.10. The molecule has 0 aromatic heterocycles. The summed E-state index contributed by atoms with van der Waals surface area (Å²) in [7, 11) is 0. The molecule has 1 aromatic rings. The van der Waals surface area contributed by atoms with Gasteiger partial charge in [-0.1, -0.05) is 6.07 Å².